The summed E-state index contributed by atoms with van der Waals surface area (Å²) in [5.74, 6) is -5.37. The van der Waals surface area contributed by atoms with Crippen molar-refractivity contribution in [3.05, 3.63) is 76.1 Å². The van der Waals surface area contributed by atoms with Crippen molar-refractivity contribution in [2.75, 3.05) is 18.1 Å². The lowest BCUT2D eigenvalue weighted by Gasteiger charge is -2.31. The lowest BCUT2D eigenvalue weighted by atomic mass is 9.82. The van der Waals surface area contributed by atoms with E-state index >= 15 is 0 Å². The van der Waals surface area contributed by atoms with E-state index in [2.05, 4.69) is 15.5 Å². The first kappa shape index (κ1) is 29.1. The zero-order chi connectivity index (χ0) is 30.2. The largest absolute Gasteiger partial charge is 0.490 e. The van der Waals surface area contributed by atoms with Crippen LogP contribution in [-0.4, -0.2) is 54.1 Å². The lowest BCUT2D eigenvalue weighted by Crippen LogP contribution is -2.51. The molecular formula is C28H25ClF3N5O5. The molecule has 1 aromatic heterocycles. The minimum absolute atomic E-state index is 0.0653. The molecule has 3 N–H and O–H groups in total. The van der Waals surface area contributed by atoms with Gasteiger partial charge in [0.15, 0.2) is 0 Å². The fourth-order valence-electron chi connectivity index (χ4n) is 5.20. The van der Waals surface area contributed by atoms with E-state index in [1.165, 1.54) is 11.8 Å². The number of carbonyl (C=O) groups is 3. The molecule has 2 aliphatic rings. The van der Waals surface area contributed by atoms with Crippen molar-refractivity contribution in [1.82, 2.24) is 10.5 Å². The van der Waals surface area contributed by atoms with Gasteiger partial charge in [-0.25, -0.2) is 4.99 Å². The maximum atomic E-state index is 13.9. The van der Waals surface area contributed by atoms with E-state index < -0.39 is 54.7 Å². The number of benzene rings is 2. The van der Waals surface area contributed by atoms with Crippen LogP contribution in [0.1, 0.15) is 41.1 Å². The molecule has 3 heterocycles. The summed E-state index contributed by atoms with van der Waals surface area (Å²) in [6.45, 7) is 1.80. The summed E-state index contributed by atoms with van der Waals surface area (Å²) in [5.41, 5.74) is 7.62. The van der Waals surface area contributed by atoms with Crippen LogP contribution in [0.25, 0.3) is 0 Å². The number of rotatable bonds is 8. The molecule has 3 atom stereocenters. The Morgan fingerprint density at radius 2 is 2.00 bits per heavy atom. The Morgan fingerprint density at radius 1 is 1.24 bits per heavy atom. The number of hydrogen-bond acceptors (Lipinski definition) is 7. The predicted molar refractivity (Wildman–Crippen MR) is 145 cm³/mol. The van der Waals surface area contributed by atoms with Gasteiger partial charge in [-0.05, 0) is 31.5 Å². The quantitative estimate of drug-likeness (QED) is 0.400. The number of anilines is 1. The first-order valence-corrected chi connectivity index (χ1v) is 13.3. The molecule has 0 spiro atoms. The molecule has 3 aromatic rings. The summed E-state index contributed by atoms with van der Waals surface area (Å²) in [5, 5.41) is 6.69. The molecule has 2 aromatic carbocycles. The normalized spacial score (nSPS) is 17.8. The molecule has 2 aliphatic heterocycles. The van der Waals surface area contributed by atoms with Gasteiger partial charge in [-0.3, -0.25) is 14.4 Å². The summed E-state index contributed by atoms with van der Waals surface area (Å²) in [6.07, 6.45) is -7.19. The number of alkyl halides is 3. The number of nitrogens with one attached hydrogen (secondary N) is 1. The van der Waals surface area contributed by atoms with Gasteiger partial charge in [0.25, 0.3) is 5.91 Å². The number of ether oxygens (including phenoxy) is 1. The highest BCUT2D eigenvalue weighted by Gasteiger charge is 2.42. The van der Waals surface area contributed by atoms with Crippen LogP contribution in [0.15, 0.2) is 58.2 Å². The fraction of sp³-hybridized carbons (Fsp3) is 0.321. The SMILES string of the molecule is Cc1nocc1[C@H](C(=O)N[C@H]1N=C(c2cccc(Cl)c2)c2cccc3c2N(CCO3)C1=O)[C@@H](CCC(F)(F)F)C(N)=O. The van der Waals surface area contributed by atoms with Crippen LogP contribution < -0.4 is 20.7 Å². The molecule has 0 fully saturated rings. The molecule has 3 amide bonds. The number of aryl methyl sites for hydroxylation is 1. The Labute approximate surface area is 242 Å². The zero-order valence-corrected chi connectivity index (χ0v) is 22.9. The third-order valence-corrected chi connectivity index (χ3v) is 7.38. The van der Waals surface area contributed by atoms with Gasteiger partial charge in [-0.2, -0.15) is 13.2 Å². The molecule has 0 aliphatic carbocycles. The number of aliphatic imine (C=N–C) groups is 1. The summed E-state index contributed by atoms with van der Waals surface area (Å²) < 4.78 is 50.2. The van der Waals surface area contributed by atoms with Crippen LogP contribution in [0.3, 0.4) is 0 Å². The highest BCUT2D eigenvalue weighted by Crippen LogP contribution is 2.39. The summed E-state index contributed by atoms with van der Waals surface area (Å²) >= 11 is 6.25. The van der Waals surface area contributed by atoms with E-state index in [0.717, 1.165) is 6.26 Å². The van der Waals surface area contributed by atoms with Gasteiger partial charge in [0.2, 0.25) is 18.0 Å². The molecule has 0 unspecified atom stereocenters. The molecule has 0 saturated heterocycles. The third kappa shape index (κ3) is 5.82. The minimum atomic E-state index is -4.61. The second-order valence-electron chi connectivity index (χ2n) is 9.89. The van der Waals surface area contributed by atoms with Crippen molar-refractivity contribution < 1.29 is 36.8 Å². The van der Waals surface area contributed by atoms with Gasteiger partial charge < -0.3 is 25.2 Å². The highest BCUT2D eigenvalue weighted by molar-refractivity contribution is 6.31. The third-order valence-electron chi connectivity index (χ3n) is 7.14. The van der Waals surface area contributed by atoms with E-state index in [1.807, 2.05) is 0 Å². The summed E-state index contributed by atoms with van der Waals surface area (Å²) in [4.78, 5) is 46.3. The van der Waals surface area contributed by atoms with E-state index in [1.54, 1.807) is 42.5 Å². The zero-order valence-electron chi connectivity index (χ0n) is 22.2. The van der Waals surface area contributed by atoms with E-state index in [9.17, 15) is 27.6 Å². The summed E-state index contributed by atoms with van der Waals surface area (Å²) in [6, 6.07) is 11.9. The number of nitrogens with zero attached hydrogens (tertiary/aromatic N) is 3. The van der Waals surface area contributed by atoms with Gasteiger partial charge in [0.1, 0.15) is 18.6 Å². The lowest BCUT2D eigenvalue weighted by molar-refractivity contribution is -0.143. The summed E-state index contributed by atoms with van der Waals surface area (Å²) in [7, 11) is 0. The van der Waals surface area contributed by atoms with Crippen molar-refractivity contribution in [1.29, 1.82) is 0 Å². The van der Waals surface area contributed by atoms with Crippen LogP contribution in [0.5, 0.6) is 5.75 Å². The van der Waals surface area contributed by atoms with Crippen molar-refractivity contribution in [3.63, 3.8) is 0 Å². The Bertz CT molecular complexity index is 1570. The van der Waals surface area contributed by atoms with Crippen molar-refractivity contribution in [3.8, 4) is 5.75 Å². The smallest absolute Gasteiger partial charge is 0.389 e. The molecule has 14 heteroatoms. The second kappa shape index (κ2) is 11.5. The van der Waals surface area contributed by atoms with Crippen LogP contribution in [-0.2, 0) is 14.4 Å². The number of hydrogen-bond donors (Lipinski definition) is 2. The molecule has 42 heavy (non-hydrogen) atoms. The first-order chi connectivity index (χ1) is 19.9. The molecule has 220 valence electrons. The van der Waals surface area contributed by atoms with Crippen molar-refractivity contribution in [2.45, 2.75) is 38.0 Å². The van der Waals surface area contributed by atoms with Crippen molar-refractivity contribution in [2.24, 2.45) is 16.6 Å². The van der Waals surface area contributed by atoms with Crippen LogP contribution >= 0.6 is 11.6 Å². The van der Waals surface area contributed by atoms with Gasteiger partial charge >= 0.3 is 6.18 Å². The fourth-order valence-corrected chi connectivity index (χ4v) is 5.40. The number of nitrogens with two attached hydrogens (primary N) is 1. The predicted octanol–water partition coefficient (Wildman–Crippen LogP) is 3.88. The van der Waals surface area contributed by atoms with Gasteiger partial charge in [0, 0.05) is 28.1 Å². The number of aromatic nitrogens is 1. The van der Waals surface area contributed by atoms with Crippen molar-refractivity contribution >= 4 is 40.7 Å². The number of para-hydroxylation sites is 1. The highest BCUT2D eigenvalue weighted by atomic mass is 35.5. The van der Waals surface area contributed by atoms with E-state index in [0.29, 0.717) is 33.3 Å². The molecule has 10 nitrogen and oxygen atoms in total. The molecular weight excluding hydrogens is 579 g/mol. The standard InChI is InChI=1S/C28H25ClF3N5O5/c1-14-19(13-42-36-14)21(17(24(33)38)8-9-28(30,31)32)26(39)35-25-27(40)37-10-11-41-20-7-3-6-18(23(20)37)22(34-25)15-4-2-5-16(29)12-15/h2-7,12-13,17,21,25H,8-11H2,1H3,(H2,33,38)(H,35,39)/t17-,21-,25-/m1/s1. The van der Waals surface area contributed by atoms with Crippen LogP contribution in [0, 0.1) is 12.8 Å². The Balaban J connectivity index is 1.58. The molecule has 5 rings (SSSR count). The van der Waals surface area contributed by atoms with Gasteiger partial charge in [0.05, 0.1) is 35.5 Å². The number of carbonyl (C=O) groups excluding carboxylic acids is 3. The van der Waals surface area contributed by atoms with Gasteiger partial charge in [-0.1, -0.05) is 41.0 Å². The average Bonchev–Trinajstić information content (AvgIpc) is 3.31. The van der Waals surface area contributed by atoms with Crippen LogP contribution in [0.2, 0.25) is 5.02 Å². The molecule has 0 bridgehead atoms. The Hall–Kier alpha value is -4.39. The Kier molecular flexibility index (Phi) is 7.95. The minimum Gasteiger partial charge on any atom is -0.490 e. The maximum absolute atomic E-state index is 13.9. The average molecular weight is 604 g/mol. The number of amides is 3. The topological polar surface area (TPSA) is 140 Å². The maximum Gasteiger partial charge on any atom is 0.389 e. The van der Waals surface area contributed by atoms with Crippen LogP contribution in [0.4, 0.5) is 18.9 Å². The number of primary amides is 1. The Morgan fingerprint density at radius 3 is 2.67 bits per heavy atom. The van der Waals surface area contributed by atoms with E-state index in [4.69, 9.17) is 26.6 Å². The van der Waals surface area contributed by atoms with Gasteiger partial charge in [-0.15, -0.1) is 0 Å². The molecule has 0 saturated carbocycles. The second-order valence-corrected chi connectivity index (χ2v) is 10.3. The number of halogens is 4. The first-order valence-electron chi connectivity index (χ1n) is 12.9. The monoisotopic (exact) mass is 603 g/mol. The van der Waals surface area contributed by atoms with E-state index in [-0.39, 0.29) is 24.4 Å². The molecule has 0 radical (unpaired) electrons.